The predicted octanol–water partition coefficient (Wildman–Crippen LogP) is 1.08. The Labute approximate surface area is 102 Å². The van der Waals surface area contributed by atoms with Gasteiger partial charge in [0, 0.05) is 18.2 Å². The van der Waals surface area contributed by atoms with Crippen molar-refractivity contribution in [2.45, 2.75) is 46.1 Å². The number of hydrogen-bond donors (Lipinski definition) is 2. The summed E-state index contributed by atoms with van der Waals surface area (Å²) >= 11 is 0. The van der Waals surface area contributed by atoms with Crippen LogP contribution in [0, 0.1) is 13.8 Å². The Morgan fingerprint density at radius 2 is 2.24 bits per heavy atom. The zero-order valence-electron chi connectivity index (χ0n) is 10.7. The van der Waals surface area contributed by atoms with Crippen molar-refractivity contribution < 1.29 is 9.32 Å². The molecule has 1 aromatic rings. The zero-order chi connectivity index (χ0) is 12.8. The molecule has 0 aliphatic carbocycles. The Bertz CT molecular complexity index is 354. The average Bonchev–Trinajstić information content (AvgIpc) is 2.60. The fourth-order valence-corrected chi connectivity index (χ4v) is 1.79. The van der Waals surface area contributed by atoms with E-state index in [0.717, 1.165) is 24.1 Å². The standard InChI is InChI=1S/C12H21N3O2/c1-4-5-10(7-13)14-12(16)6-11-8(2)15-17-9(11)3/h10H,4-7,13H2,1-3H3,(H,14,16). The lowest BCUT2D eigenvalue weighted by Crippen LogP contribution is -2.40. The normalized spacial score (nSPS) is 12.5. The molecular formula is C12H21N3O2. The third-order valence-electron chi connectivity index (χ3n) is 2.81. The third kappa shape index (κ3) is 3.85. The van der Waals surface area contributed by atoms with E-state index in [4.69, 9.17) is 10.3 Å². The van der Waals surface area contributed by atoms with E-state index in [9.17, 15) is 4.79 Å². The summed E-state index contributed by atoms with van der Waals surface area (Å²) in [6, 6.07) is 0.0629. The van der Waals surface area contributed by atoms with E-state index >= 15 is 0 Å². The molecule has 96 valence electrons. The molecule has 0 saturated heterocycles. The first-order chi connectivity index (χ1) is 8.08. The molecule has 0 aliphatic heterocycles. The van der Waals surface area contributed by atoms with Gasteiger partial charge >= 0.3 is 0 Å². The van der Waals surface area contributed by atoms with Gasteiger partial charge in [-0.05, 0) is 20.3 Å². The Morgan fingerprint density at radius 1 is 1.53 bits per heavy atom. The van der Waals surface area contributed by atoms with Gasteiger partial charge in [-0.25, -0.2) is 0 Å². The van der Waals surface area contributed by atoms with Crippen LogP contribution in [0.1, 0.15) is 36.8 Å². The molecule has 0 bridgehead atoms. The molecule has 1 heterocycles. The zero-order valence-corrected chi connectivity index (χ0v) is 10.7. The van der Waals surface area contributed by atoms with Crippen molar-refractivity contribution in [2.75, 3.05) is 6.54 Å². The summed E-state index contributed by atoms with van der Waals surface area (Å²) in [6.45, 7) is 6.20. The highest BCUT2D eigenvalue weighted by Crippen LogP contribution is 2.12. The Hall–Kier alpha value is -1.36. The molecule has 5 heteroatoms. The molecule has 0 fully saturated rings. The first-order valence-electron chi connectivity index (χ1n) is 5.99. The lowest BCUT2D eigenvalue weighted by atomic mass is 10.1. The summed E-state index contributed by atoms with van der Waals surface area (Å²) in [6.07, 6.45) is 2.22. The number of nitrogens with two attached hydrogens (primary N) is 1. The highest BCUT2D eigenvalue weighted by Gasteiger charge is 2.15. The van der Waals surface area contributed by atoms with E-state index in [1.165, 1.54) is 0 Å². The van der Waals surface area contributed by atoms with Crippen molar-refractivity contribution in [3.63, 3.8) is 0 Å². The Balaban J connectivity index is 2.55. The number of nitrogens with one attached hydrogen (secondary N) is 1. The first-order valence-corrected chi connectivity index (χ1v) is 5.99. The SMILES string of the molecule is CCCC(CN)NC(=O)Cc1c(C)noc1C. The fraction of sp³-hybridized carbons (Fsp3) is 0.667. The maximum absolute atomic E-state index is 11.8. The average molecular weight is 239 g/mol. The monoisotopic (exact) mass is 239 g/mol. The van der Waals surface area contributed by atoms with Crippen LogP contribution in [-0.2, 0) is 11.2 Å². The predicted molar refractivity (Wildman–Crippen MR) is 65.6 cm³/mol. The minimum absolute atomic E-state index is 0.0247. The number of nitrogens with zero attached hydrogens (tertiary/aromatic N) is 1. The summed E-state index contributed by atoms with van der Waals surface area (Å²) in [5.74, 6) is 0.681. The number of carbonyl (C=O) groups is 1. The molecule has 1 unspecified atom stereocenters. The third-order valence-corrected chi connectivity index (χ3v) is 2.81. The topological polar surface area (TPSA) is 81.1 Å². The number of rotatable bonds is 6. The van der Waals surface area contributed by atoms with E-state index in [2.05, 4.69) is 17.4 Å². The van der Waals surface area contributed by atoms with E-state index in [0.29, 0.717) is 18.7 Å². The van der Waals surface area contributed by atoms with Gasteiger partial charge in [-0.3, -0.25) is 4.79 Å². The first kappa shape index (κ1) is 13.7. The van der Waals surface area contributed by atoms with E-state index < -0.39 is 0 Å². The quantitative estimate of drug-likeness (QED) is 0.778. The van der Waals surface area contributed by atoms with Crippen LogP contribution in [0.4, 0.5) is 0 Å². The number of aromatic nitrogens is 1. The van der Waals surface area contributed by atoms with Gasteiger partial charge in [-0.2, -0.15) is 0 Å². The van der Waals surface area contributed by atoms with Crippen molar-refractivity contribution in [1.82, 2.24) is 10.5 Å². The van der Waals surface area contributed by atoms with Gasteiger partial charge in [0.1, 0.15) is 5.76 Å². The van der Waals surface area contributed by atoms with Crippen LogP contribution in [0.5, 0.6) is 0 Å². The molecule has 17 heavy (non-hydrogen) atoms. The van der Waals surface area contributed by atoms with Gasteiger partial charge in [0.15, 0.2) is 0 Å². The summed E-state index contributed by atoms with van der Waals surface area (Å²) < 4.78 is 5.02. The molecule has 1 atom stereocenters. The fourth-order valence-electron chi connectivity index (χ4n) is 1.79. The van der Waals surface area contributed by atoms with Gasteiger partial charge in [-0.1, -0.05) is 18.5 Å². The summed E-state index contributed by atoms with van der Waals surface area (Å²) in [7, 11) is 0. The number of amides is 1. The summed E-state index contributed by atoms with van der Waals surface area (Å²) in [4.78, 5) is 11.8. The van der Waals surface area contributed by atoms with Gasteiger partial charge in [0.2, 0.25) is 5.91 Å². The van der Waals surface area contributed by atoms with Crippen molar-refractivity contribution >= 4 is 5.91 Å². The maximum atomic E-state index is 11.8. The maximum Gasteiger partial charge on any atom is 0.224 e. The largest absolute Gasteiger partial charge is 0.361 e. The number of carbonyl (C=O) groups excluding carboxylic acids is 1. The highest BCUT2D eigenvalue weighted by molar-refractivity contribution is 5.79. The van der Waals surface area contributed by atoms with Crippen molar-refractivity contribution in [1.29, 1.82) is 0 Å². The molecule has 3 N–H and O–H groups in total. The second-order valence-corrected chi connectivity index (χ2v) is 4.27. The minimum atomic E-state index is -0.0247. The molecular weight excluding hydrogens is 218 g/mol. The van der Waals surface area contributed by atoms with Crippen molar-refractivity contribution in [3.05, 3.63) is 17.0 Å². The number of hydrogen-bond acceptors (Lipinski definition) is 4. The Morgan fingerprint density at radius 3 is 2.71 bits per heavy atom. The molecule has 0 aliphatic rings. The van der Waals surface area contributed by atoms with E-state index in [1.54, 1.807) is 0 Å². The molecule has 5 nitrogen and oxygen atoms in total. The van der Waals surface area contributed by atoms with E-state index in [1.807, 2.05) is 13.8 Å². The van der Waals surface area contributed by atoms with Crippen LogP contribution in [0.25, 0.3) is 0 Å². The van der Waals surface area contributed by atoms with Crippen molar-refractivity contribution in [3.8, 4) is 0 Å². The molecule has 1 amide bonds. The van der Waals surface area contributed by atoms with Crippen LogP contribution >= 0.6 is 0 Å². The van der Waals surface area contributed by atoms with Gasteiger partial charge < -0.3 is 15.6 Å². The lowest BCUT2D eigenvalue weighted by Gasteiger charge is -2.15. The molecule has 0 spiro atoms. The van der Waals surface area contributed by atoms with Crippen LogP contribution in [-0.4, -0.2) is 23.7 Å². The Kier molecular flexibility index (Phi) is 5.15. The molecule has 0 radical (unpaired) electrons. The second kappa shape index (κ2) is 6.39. The molecule has 0 aromatic carbocycles. The van der Waals surface area contributed by atoms with Gasteiger partial charge in [0.05, 0.1) is 12.1 Å². The van der Waals surface area contributed by atoms with Gasteiger partial charge in [-0.15, -0.1) is 0 Å². The summed E-state index contributed by atoms with van der Waals surface area (Å²) in [5, 5.41) is 6.75. The van der Waals surface area contributed by atoms with Crippen LogP contribution < -0.4 is 11.1 Å². The highest BCUT2D eigenvalue weighted by atomic mass is 16.5. The second-order valence-electron chi connectivity index (χ2n) is 4.27. The smallest absolute Gasteiger partial charge is 0.224 e. The lowest BCUT2D eigenvalue weighted by molar-refractivity contribution is -0.121. The van der Waals surface area contributed by atoms with Gasteiger partial charge in [0.25, 0.3) is 0 Å². The molecule has 1 rings (SSSR count). The van der Waals surface area contributed by atoms with Crippen molar-refractivity contribution in [2.24, 2.45) is 5.73 Å². The summed E-state index contributed by atoms with van der Waals surface area (Å²) in [5.41, 5.74) is 7.24. The van der Waals surface area contributed by atoms with Crippen LogP contribution in [0.3, 0.4) is 0 Å². The molecule has 1 aromatic heterocycles. The van der Waals surface area contributed by atoms with Crippen LogP contribution in [0.2, 0.25) is 0 Å². The van der Waals surface area contributed by atoms with Crippen LogP contribution in [0.15, 0.2) is 4.52 Å². The van der Waals surface area contributed by atoms with E-state index in [-0.39, 0.29) is 11.9 Å². The number of aryl methyl sites for hydroxylation is 2. The minimum Gasteiger partial charge on any atom is -0.361 e. The molecule has 0 saturated carbocycles.